The molecular formula is C22H25NO5. The Balaban J connectivity index is 1.53. The molecule has 28 heavy (non-hydrogen) atoms. The van der Waals surface area contributed by atoms with E-state index in [1.807, 2.05) is 41.3 Å². The number of carbonyl (C=O) groups is 1. The first-order chi connectivity index (χ1) is 13.7. The summed E-state index contributed by atoms with van der Waals surface area (Å²) in [4.78, 5) is 15.0. The van der Waals surface area contributed by atoms with E-state index < -0.39 is 0 Å². The molecule has 1 saturated heterocycles. The normalized spacial score (nSPS) is 18.1. The van der Waals surface area contributed by atoms with Crippen molar-refractivity contribution in [1.29, 1.82) is 0 Å². The number of hydrogen-bond donors (Lipinski definition) is 0. The quantitative estimate of drug-likeness (QED) is 0.792. The number of ether oxygens (including phenoxy) is 4. The van der Waals surface area contributed by atoms with E-state index in [0.717, 1.165) is 47.8 Å². The van der Waals surface area contributed by atoms with Gasteiger partial charge in [0.05, 0.1) is 26.7 Å². The van der Waals surface area contributed by atoms with Crippen LogP contribution in [0.4, 0.5) is 0 Å². The van der Waals surface area contributed by atoms with Crippen LogP contribution >= 0.6 is 0 Å². The summed E-state index contributed by atoms with van der Waals surface area (Å²) in [5.74, 6) is 3.06. The molecule has 0 spiro atoms. The monoisotopic (exact) mass is 383 g/mol. The summed E-state index contributed by atoms with van der Waals surface area (Å²) in [6.07, 6.45) is 2.24. The average Bonchev–Trinajstić information content (AvgIpc) is 3.23. The van der Waals surface area contributed by atoms with Gasteiger partial charge in [-0.15, -0.1) is 0 Å². The zero-order valence-corrected chi connectivity index (χ0v) is 16.3. The van der Waals surface area contributed by atoms with E-state index in [4.69, 9.17) is 18.9 Å². The van der Waals surface area contributed by atoms with Crippen molar-refractivity contribution in [2.75, 3.05) is 34.0 Å². The Morgan fingerprint density at radius 1 is 1.07 bits per heavy atom. The Morgan fingerprint density at radius 3 is 2.68 bits per heavy atom. The van der Waals surface area contributed by atoms with E-state index in [2.05, 4.69) is 0 Å². The maximum Gasteiger partial charge on any atom is 0.227 e. The fourth-order valence-corrected chi connectivity index (χ4v) is 3.96. The summed E-state index contributed by atoms with van der Waals surface area (Å²) in [5, 5.41) is 0. The predicted molar refractivity (Wildman–Crippen MR) is 104 cm³/mol. The van der Waals surface area contributed by atoms with Gasteiger partial charge in [-0.3, -0.25) is 4.79 Å². The Labute approximate surface area is 165 Å². The largest absolute Gasteiger partial charge is 0.497 e. The van der Waals surface area contributed by atoms with E-state index in [9.17, 15) is 4.79 Å². The van der Waals surface area contributed by atoms with Crippen molar-refractivity contribution in [2.45, 2.75) is 25.3 Å². The van der Waals surface area contributed by atoms with Crippen molar-refractivity contribution in [1.82, 2.24) is 4.90 Å². The fraction of sp³-hybridized carbons (Fsp3) is 0.409. The van der Waals surface area contributed by atoms with Crippen molar-refractivity contribution in [3.05, 3.63) is 47.5 Å². The van der Waals surface area contributed by atoms with Crippen molar-refractivity contribution in [3.8, 4) is 23.0 Å². The summed E-state index contributed by atoms with van der Waals surface area (Å²) in [6.45, 7) is 1.85. The minimum Gasteiger partial charge on any atom is -0.497 e. The molecule has 0 radical (unpaired) electrons. The van der Waals surface area contributed by atoms with Crippen molar-refractivity contribution >= 4 is 5.91 Å². The summed E-state index contributed by atoms with van der Waals surface area (Å²) in [5.41, 5.74) is 1.96. The molecule has 0 saturated carbocycles. The van der Waals surface area contributed by atoms with Gasteiger partial charge in [0.2, 0.25) is 5.91 Å². The van der Waals surface area contributed by atoms with Crippen LogP contribution in [-0.4, -0.2) is 44.8 Å². The first kappa shape index (κ1) is 18.5. The van der Waals surface area contributed by atoms with Gasteiger partial charge in [0.25, 0.3) is 0 Å². The standard InChI is InChI=1S/C22H25NO5/c1-25-16-6-7-17(20(14-16)26-2)18-4-3-9-23(18)22(24)13-15-5-8-19-21(12-15)28-11-10-27-19/h5-8,12,14,18H,3-4,9-11,13H2,1-2H3/t18-/m1/s1. The number of rotatable bonds is 5. The van der Waals surface area contributed by atoms with Crippen LogP contribution in [0.3, 0.4) is 0 Å². The molecule has 0 N–H and O–H groups in total. The van der Waals surface area contributed by atoms with Crippen LogP contribution in [0, 0.1) is 0 Å². The number of fused-ring (bicyclic) bond motifs is 1. The van der Waals surface area contributed by atoms with Gasteiger partial charge in [0, 0.05) is 18.2 Å². The zero-order valence-electron chi connectivity index (χ0n) is 16.3. The maximum absolute atomic E-state index is 13.1. The van der Waals surface area contributed by atoms with Crippen LogP contribution in [0.5, 0.6) is 23.0 Å². The Kier molecular flexibility index (Phi) is 5.28. The Bertz CT molecular complexity index is 866. The molecular weight excluding hydrogens is 358 g/mol. The van der Waals surface area contributed by atoms with Crippen molar-refractivity contribution in [2.24, 2.45) is 0 Å². The topological polar surface area (TPSA) is 57.2 Å². The van der Waals surface area contributed by atoms with Gasteiger partial charge in [-0.25, -0.2) is 0 Å². The van der Waals surface area contributed by atoms with Crippen LogP contribution in [0.15, 0.2) is 36.4 Å². The van der Waals surface area contributed by atoms with Gasteiger partial charge >= 0.3 is 0 Å². The molecule has 2 aromatic carbocycles. The maximum atomic E-state index is 13.1. The van der Waals surface area contributed by atoms with Gasteiger partial charge in [0.15, 0.2) is 11.5 Å². The third-order valence-electron chi connectivity index (χ3n) is 5.33. The molecule has 1 atom stereocenters. The number of hydrogen-bond acceptors (Lipinski definition) is 5. The molecule has 2 aromatic rings. The van der Waals surface area contributed by atoms with E-state index in [-0.39, 0.29) is 11.9 Å². The van der Waals surface area contributed by atoms with Gasteiger partial charge in [-0.05, 0) is 42.7 Å². The highest BCUT2D eigenvalue weighted by molar-refractivity contribution is 5.80. The smallest absolute Gasteiger partial charge is 0.227 e. The number of amides is 1. The van der Waals surface area contributed by atoms with Crippen LogP contribution in [-0.2, 0) is 11.2 Å². The first-order valence-corrected chi connectivity index (χ1v) is 9.59. The molecule has 2 aliphatic heterocycles. The van der Waals surface area contributed by atoms with E-state index in [1.165, 1.54) is 0 Å². The molecule has 4 rings (SSSR count). The van der Waals surface area contributed by atoms with Crippen LogP contribution in [0.2, 0.25) is 0 Å². The molecule has 1 fully saturated rings. The summed E-state index contributed by atoms with van der Waals surface area (Å²) >= 11 is 0. The van der Waals surface area contributed by atoms with Crippen LogP contribution in [0.1, 0.15) is 30.0 Å². The third-order valence-corrected chi connectivity index (χ3v) is 5.33. The molecule has 6 heteroatoms. The number of methoxy groups -OCH3 is 2. The average molecular weight is 383 g/mol. The minimum atomic E-state index is 0.0190. The molecule has 0 unspecified atom stereocenters. The first-order valence-electron chi connectivity index (χ1n) is 9.59. The second-order valence-electron chi connectivity index (χ2n) is 7.01. The highest BCUT2D eigenvalue weighted by Gasteiger charge is 2.32. The number of carbonyl (C=O) groups excluding carboxylic acids is 1. The number of nitrogens with zero attached hydrogens (tertiary/aromatic N) is 1. The van der Waals surface area contributed by atoms with Crippen molar-refractivity contribution < 1.29 is 23.7 Å². The molecule has 0 aromatic heterocycles. The van der Waals surface area contributed by atoms with Crippen molar-refractivity contribution in [3.63, 3.8) is 0 Å². The second-order valence-corrected chi connectivity index (χ2v) is 7.01. The van der Waals surface area contributed by atoms with Gasteiger partial charge in [0.1, 0.15) is 24.7 Å². The fourth-order valence-electron chi connectivity index (χ4n) is 3.96. The lowest BCUT2D eigenvalue weighted by molar-refractivity contribution is -0.131. The molecule has 0 bridgehead atoms. The van der Waals surface area contributed by atoms with Gasteiger partial charge in [-0.2, -0.15) is 0 Å². The summed E-state index contributed by atoms with van der Waals surface area (Å²) < 4.78 is 22.0. The molecule has 1 amide bonds. The number of benzene rings is 2. The van der Waals surface area contributed by atoms with Gasteiger partial charge < -0.3 is 23.8 Å². The molecule has 148 valence electrons. The summed E-state index contributed by atoms with van der Waals surface area (Å²) in [6, 6.07) is 11.5. The second kappa shape index (κ2) is 8.00. The lowest BCUT2D eigenvalue weighted by atomic mass is 10.0. The lowest BCUT2D eigenvalue weighted by Crippen LogP contribution is -2.32. The highest BCUT2D eigenvalue weighted by atomic mass is 16.6. The van der Waals surface area contributed by atoms with E-state index in [1.54, 1.807) is 14.2 Å². The van der Waals surface area contributed by atoms with E-state index in [0.29, 0.717) is 25.4 Å². The van der Waals surface area contributed by atoms with Gasteiger partial charge in [-0.1, -0.05) is 6.07 Å². The van der Waals surface area contributed by atoms with E-state index >= 15 is 0 Å². The third kappa shape index (κ3) is 3.59. The predicted octanol–water partition coefficient (Wildman–Crippen LogP) is 3.38. The van der Waals surface area contributed by atoms with Crippen LogP contribution in [0.25, 0.3) is 0 Å². The highest BCUT2D eigenvalue weighted by Crippen LogP contribution is 2.39. The molecule has 2 aliphatic rings. The SMILES string of the molecule is COc1ccc([C@H]2CCCN2C(=O)Cc2ccc3c(c2)OCCO3)c(OC)c1. The Hall–Kier alpha value is -2.89. The Morgan fingerprint density at radius 2 is 1.89 bits per heavy atom. The zero-order chi connectivity index (χ0) is 19.5. The minimum absolute atomic E-state index is 0.0190. The number of likely N-dealkylation sites (tertiary alicyclic amines) is 1. The van der Waals surface area contributed by atoms with Crippen LogP contribution < -0.4 is 18.9 Å². The molecule has 6 nitrogen and oxygen atoms in total. The lowest BCUT2D eigenvalue weighted by Gasteiger charge is -2.27. The molecule has 2 heterocycles. The molecule has 0 aliphatic carbocycles. The summed E-state index contributed by atoms with van der Waals surface area (Å²) in [7, 11) is 3.28.